The van der Waals surface area contributed by atoms with Gasteiger partial charge in [0.1, 0.15) is 17.3 Å². The first-order chi connectivity index (χ1) is 13.9. The minimum Gasteiger partial charge on any atom is -0.491 e. The summed E-state index contributed by atoms with van der Waals surface area (Å²) in [6, 6.07) is 0.688. The summed E-state index contributed by atoms with van der Waals surface area (Å²) in [5.41, 5.74) is 5.89. The number of rotatable bonds is 7. The van der Waals surface area contributed by atoms with Crippen molar-refractivity contribution in [3.63, 3.8) is 0 Å². The van der Waals surface area contributed by atoms with Gasteiger partial charge in [-0.3, -0.25) is 10.3 Å². The topological polar surface area (TPSA) is 76.0 Å². The Balaban J connectivity index is 1.75. The van der Waals surface area contributed by atoms with Gasteiger partial charge < -0.3 is 20.4 Å². The lowest BCUT2D eigenvalue weighted by Gasteiger charge is -2.37. The van der Waals surface area contributed by atoms with Crippen LogP contribution in [0.25, 0.3) is 0 Å². The van der Waals surface area contributed by atoms with Crippen molar-refractivity contribution >= 4 is 11.5 Å². The van der Waals surface area contributed by atoms with Gasteiger partial charge in [0, 0.05) is 43.9 Å². The Bertz CT molecular complexity index is 753. The molecule has 7 heteroatoms. The summed E-state index contributed by atoms with van der Waals surface area (Å²) in [6.07, 6.45) is 8.60. The summed E-state index contributed by atoms with van der Waals surface area (Å²) in [5.74, 6) is 1.37. The van der Waals surface area contributed by atoms with Crippen LogP contribution in [-0.2, 0) is 4.74 Å². The van der Waals surface area contributed by atoms with Crippen molar-refractivity contribution < 1.29 is 4.74 Å². The van der Waals surface area contributed by atoms with E-state index >= 15 is 0 Å². The van der Waals surface area contributed by atoms with Crippen molar-refractivity contribution in [2.75, 3.05) is 26.2 Å². The molecule has 0 bridgehead atoms. The molecule has 0 aromatic heterocycles. The zero-order chi connectivity index (χ0) is 21.0. The predicted octanol–water partition coefficient (Wildman–Crippen LogP) is 2.57. The molecule has 7 nitrogen and oxygen atoms in total. The number of hydrazone groups is 1. The quantitative estimate of drug-likeness (QED) is 0.454. The fourth-order valence-electron chi connectivity index (χ4n) is 3.80. The molecule has 0 radical (unpaired) electrons. The third kappa shape index (κ3) is 5.09. The van der Waals surface area contributed by atoms with Crippen LogP contribution in [0.15, 0.2) is 53.1 Å². The second-order valence-corrected chi connectivity index (χ2v) is 8.16. The van der Waals surface area contributed by atoms with E-state index in [1.807, 2.05) is 19.9 Å². The molecule has 1 fully saturated rings. The Hall–Kier alpha value is -2.54. The van der Waals surface area contributed by atoms with Gasteiger partial charge in [-0.15, -0.1) is 0 Å². The summed E-state index contributed by atoms with van der Waals surface area (Å²) in [5, 5.41) is 16.4. The second kappa shape index (κ2) is 9.31. The lowest BCUT2D eigenvalue weighted by atomic mass is 9.94. The van der Waals surface area contributed by atoms with Crippen LogP contribution in [0.4, 0.5) is 0 Å². The van der Waals surface area contributed by atoms with Crippen LogP contribution in [0.5, 0.6) is 0 Å². The van der Waals surface area contributed by atoms with Gasteiger partial charge >= 0.3 is 0 Å². The number of nitrogens with one attached hydrogen (secondary N) is 3. The van der Waals surface area contributed by atoms with E-state index in [1.54, 1.807) is 6.20 Å². The molecular weight excluding hydrogens is 364 g/mol. The van der Waals surface area contributed by atoms with Crippen LogP contribution in [-0.4, -0.2) is 65.7 Å². The molecule has 2 aliphatic heterocycles. The van der Waals surface area contributed by atoms with Crippen molar-refractivity contribution in [1.29, 1.82) is 5.41 Å². The van der Waals surface area contributed by atoms with Gasteiger partial charge in [0.05, 0.1) is 17.8 Å². The largest absolute Gasteiger partial charge is 0.491 e. The maximum Gasteiger partial charge on any atom is 0.122 e. The lowest BCUT2D eigenvalue weighted by molar-refractivity contribution is 0.149. The molecule has 0 unspecified atom stereocenters. The van der Waals surface area contributed by atoms with E-state index in [-0.39, 0.29) is 12.1 Å². The van der Waals surface area contributed by atoms with Gasteiger partial charge in [-0.05, 0) is 52.5 Å². The summed E-state index contributed by atoms with van der Waals surface area (Å²) < 4.78 is 5.88. The smallest absolute Gasteiger partial charge is 0.122 e. The minimum absolute atomic E-state index is 0.128. The van der Waals surface area contributed by atoms with Crippen LogP contribution < -0.4 is 10.7 Å². The normalized spacial score (nSPS) is 22.6. The Morgan fingerprint density at radius 2 is 2.03 bits per heavy atom. The zero-order valence-electron chi connectivity index (χ0n) is 18.0. The van der Waals surface area contributed by atoms with E-state index in [2.05, 4.69) is 58.2 Å². The molecular formula is C22H34N6O. The summed E-state index contributed by atoms with van der Waals surface area (Å²) in [4.78, 5) is 4.56. The van der Waals surface area contributed by atoms with Crippen LogP contribution in [0.3, 0.4) is 0 Å². The first kappa shape index (κ1) is 21.2. The van der Waals surface area contributed by atoms with E-state index in [0.717, 1.165) is 55.3 Å². The van der Waals surface area contributed by atoms with Crippen molar-refractivity contribution in [2.45, 2.75) is 52.3 Å². The van der Waals surface area contributed by atoms with Crippen molar-refractivity contribution in [1.82, 2.24) is 20.5 Å². The van der Waals surface area contributed by atoms with Crippen LogP contribution in [0.1, 0.15) is 34.1 Å². The average Bonchev–Trinajstić information content (AvgIpc) is 3.10. The number of hydrogen-bond acceptors (Lipinski definition) is 6. The van der Waals surface area contributed by atoms with Crippen molar-refractivity contribution in [3.05, 3.63) is 48.0 Å². The van der Waals surface area contributed by atoms with Gasteiger partial charge in [0.25, 0.3) is 0 Å². The number of nitrogens with zero attached hydrogens (tertiary/aromatic N) is 3. The number of ether oxygens (including phenoxy) is 1. The van der Waals surface area contributed by atoms with E-state index in [0.29, 0.717) is 11.9 Å². The predicted molar refractivity (Wildman–Crippen MR) is 119 cm³/mol. The third-order valence-electron chi connectivity index (χ3n) is 5.38. The van der Waals surface area contributed by atoms with Gasteiger partial charge in [-0.1, -0.05) is 6.58 Å². The van der Waals surface area contributed by atoms with E-state index < -0.39 is 0 Å². The molecule has 29 heavy (non-hydrogen) atoms. The van der Waals surface area contributed by atoms with Gasteiger partial charge in [-0.2, -0.15) is 5.10 Å². The average molecular weight is 399 g/mol. The first-order valence-corrected chi connectivity index (χ1v) is 10.5. The Labute approximate surface area is 174 Å². The molecule has 0 spiro atoms. The number of hydrogen-bond donors (Lipinski definition) is 3. The number of fused-ring (bicyclic) bond motifs is 1. The molecule has 3 N–H and O–H groups in total. The van der Waals surface area contributed by atoms with Crippen molar-refractivity contribution in [3.8, 4) is 0 Å². The Morgan fingerprint density at radius 1 is 1.31 bits per heavy atom. The van der Waals surface area contributed by atoms with Gasteiger partial charge in [0.2, 0.25) is 0 Å². The fraction of sp³-hybridized carbons (Fsp3) is 0.545. The van der Waals surface area contributed by atoms with E-state index in [9.17, 15) is 0 Å². The molecule has 0 aromatic carbocycles. The lowest BCUT2D eigenvalue weighted by Crippen LogP contribution is -2.50. The molecule has 3 aliphatic rings. The maximum absolute atomic E-state index is 8.62. The highest BCUT2D eigenvalue weighted by atomic mass is 16.5. The maximum atomic E-state index is 8.62. The first-order valence-electron chi connectivity index (χ1n) is 10.5. The number of piperazine rings is 1. The fourth-order valence-corrected chi connectivity index (χ4v) is 3.80. The Morgan fingerprint density at radius 3 is 2.66 bits per heavy atom. The van der Waals surface area contributed by atoms with Crippen LogP contribution in [0, 0.1) is 5.41 Å². The van der Waals surface area contributed by atoms with E-state index in [4.69, 9.17) is 10.1 Å². The zero-order valence-corrected chi connectivity index (χ0v) is 18.0. The van der Waals surface area contributed by atoms with Crippen LogP contribution in [0.2, 0.25) is 0 Å². The number of amidine groups is 1. The highest BCUT2D eigenvalue weighted by molar-refractivity contribution is 6.16. The highest BCUT2D eigenvalue weighted by Crippen LogP contribution is 2.27. The summed E-state index contributed by atoms with van der Waals surface area (Å²) in [7, 11) is 0. The molecule has 1 saturated heterocycles. The van der Waals surface area contributed by atoms with Gasteiger partial charge in [0.15, 0.2) is 0 Å². The highest BCUT2D eigenvalue weighted by Gasteiger charge is 2.30. The standard InChI is InChI=1S/C22H34N6O/c1-6-24-20(14-21(23)28-11-9-27(10-12-28)15(2)3)22-18-13-17(29-16(4)5)7-8-19(18)25-26-22/h6-7,13-16,19,23-25H,1,8-12H2,2-5H3/t19-/m1/s1. The molecule has 0 amide bonds. The Kier molecular flexibility index (Phi) is 6.79. The summed E-state index contributed by atoms with van der Waals surface area (Å²) >= 11 is 0. The van der Waals surface area contributed by atoms with Crippen LogP contribution >= 0.6 is 0 Å². The van der Waals surface area contributed by atoms with Gasteiger partial charge in [-0.25, -0.2) is 0 Å². The molecule has 1 atom stereocenters. The third-order valence-corrected chi connectivity index (χ3v) is 5.38. The summed E-state index contributed by atoms with van der Waals surface area (Å²) in [6.45, 7) is 16.0. The molecule has 1 aliphatic carbocycles. The molecule has 3 rings (SSSR count). The molecule has 158 valence electrons. The van der Waals surface area contributed by atoms with Crippen molar-refractivity contribution in [2.24, 2.45) is 5.10 Å². The second-order valence-electron chi connectivity index (χ2n) is 8.16. The number of allylic oxidation sites excluding steroid dienone is 2. The molecule has 2 heterocycles. The molecule has 0 aromatic rings. The SMILES string of the molecule is C=CNC(=CC(=N)N1CCN(C(C)C)CC1)C1=NN[C@@H]2CC=C(OC(C)C)C=C12. The van der Waals surface area contributed by atoms with E-state index in [1.165, 1.54) is 0 Å². The minimum atomic E-state index is 0.128. The monoisotopic (exact) mass is 398 g/mol. The molecule has 0 saturated carbocycles.